The summed E-state index contributed by atoms with van der Waals surface area (Å²) in [6.07, 6.45) is 17.6. The van der Waals surface area contributed by atoms with Gasteiger partial charge in [0.1, 0.15) is 0 Å². The fraction of sp³-hybridized carbons (Fsp3) is 0.222. The number of rotatable bonds is 0. The van der Waals surface area contributed by atoms with Crippen LogP contribution in [0.4, 0.5) is 0 Å². The molecular weight excluding hydrogens is 216 g/mol. The molecule has 0 bridgehead atoms. The lowest BCUT2D eigenvalue weighted by atomic mass is 9.68. The molecule has 1 saturated carbocycles. The first-order valence-electron chi connectivity index (χ1n) is 6.68. The molecule has 2 atom stereocenters. The number of benzene rings is 1. The highest BCUT2D eigenvalue weighted by Gasteiger charge is 2.70. The van der Waals surface area contributed by atoms with Gasteiger partial charge in [-0.1, -0.05) is 54.7 Å². The van der Waals surface area contributed by atoms with Crippen molar-refractivity contribution in [2.24, 2.45) is 5.41 Å². The molecule has 0 heterocycles. The molecule has 0 heteroatoms. The van der Waals surface area contributed by atoms with Crippen LogP contribution in [0.2, 0.25) is 0 Å². The number of allylic oxidation sites excluding steroid dienone is 6. The van der Waals surface area contributed by atoms with E-state index < -0.39 is 0 Å². The highest BCUT2D eigenvalue weighted by molar-refractivity contribution is 5.83. The summed E-state index contributed by atoms with van der Waals surface area (Å²) in [6.45, 7) is 2.23. The van der Waals surface area contributed by atoms with Crippen molar-refractivity contribution in [1.29, 1.82) is 0 Å². The van der Waals surface area contributed by atoms with Gasteiger partial charge in [0.25, 0.3) is 0 Å². The molecule has 1 spiro atoms. The van der Waals surface area contributed by atoms with E-state index in [0.29, 0.717) is 0 Å². The van der Waals surface area contributed by atoms with Crippen molar-refractivity contribution < 1.29 is 0 Å². The maximum absolute atomic E-state index is 2.43. The normalized spacial score (nSPS) is 35.9. The summed E-state index contributed by atoms with van der Waals surface area (Å²) in [5.41, 5.74) is 7.96. The molecule has 1 aromatic carbocycles. The van der Waals surface area contributed by atoms with Gasteiger partial charge in [0.2, 0.25) is 0 Å². The summed E-state index contributed by atoms with van der Waals surface area (Å²) in [5, 5.41) is 0. The third-order valence-electron chi connectivity index (χ3n) is 5.30. The molecule has 5 rings (SSSR count). The minimum Gasteiger partial charge on any atom is -0.0733 e. The highest BCUT2D eigenvalue weighted by atomic mass is 14.7. The van der Waals surface area contributed by atoms with Gasteiger partial charge in [-0.2, -0.15) is 0 Å². The van der Waals surface area contributed by atoms with Crippen molar-refractivity contribution in [2.75, 3.05) is 0 Å². The highest BCUT2D eigenvalue weighted by Crippen LogP contribution is 2.75. The minimum atomic E-state index is 0.280. The van der Waals surface area contributed by atoms with Crippen LogP contribution in [0.5, 0.6) is 0 Å². The van der Waals surface area contributed by atoms with Crippen LogP contribution >= 0.6 is 0 Å². The predicted molar refractivity (Wildman–Crippen MR) is 75.2 cm³/mol. The number of aryl methyl sites for hydroxylation is 1. The summed E-state index contributed by atoms with van der Waals surface area (Å²) in [5.74, 6) is 0. The average Bonchev–Trinajstić information content (AvgIpc) is 3.08. The van der Waals surface area contributed by atoms with Gasteiger partial charge in [-0.3, -0.25) is 0 Å². The fourth-order valence-electron chi connectivity index (χ4n) is 4.33. The lowest BCUT2D eigenvalue weighted by Gasteiger charge is -2.35. The van der Waals surface area contributed by atoms with Crippen molar-refractivity contribution in [2.45, 2.75) is 18.8 Å². The second-order valence-electron chi connectivity index (χ2n) is 6.03. The Hall–Kier alpha value is -1.82. The Bertz CT molecular complexity index is 727. The van der Waals surface area contributed by atoms with Crippen LogP contribution in [0.15, 0.2) is 48.1 Å². The molecule has 1 fully saturated rings. The third kappa shape index (κ3) is 0.728. The molecule has 0 aliphatic heterocycles. The fourth-order valence-corrected chi connectivity index (χ4v) is 4.33. The Morgan fingerprint density at radius 3 is 2.94 bits per heavy atom. The van der Waals surface area contributed by atoms with E-state index in [1.165, 1.54) is 28.7 Å². The van der Waals surface area contributed by atoms with E-state index in [1.54, 1.807) is 5.56 Å². The molecule has 4 aliphatic rings. The van der Waals surface area contributed by atoms with E-state index in [0.717, 1.165) is 0 Å². The van der Waals surface area contributed by atoms with Gasteiger partial charge in [0.15, 0.2) is 0 Å². The minimum absolute atomic E-state index is 0.280. The van der Waals surface area contributed by atoms with Crippen molar-refractivity contribution in [3.8, 4) is 0 Å². The molecule has 0 amide bonds. The monoisotopic (exact) mass is 230 g/mol. The van der Waals surface area contributed by atoms with E-state index in [4.69, 9.17) is 0 Å². The average molecular weight is 230 g/mol. The molecule has 86 valence electrons. The van der Waals surface area contributed by atoms with Crippen molar-refractivity contribution in [1.82, 2.24) is 0 Å². The molecule has 1 aromatic rings. The van der Waals surface area contributed by atoms with Crippen LogP contribution in [0.1, 0.15) is 28.7 Å². The molecule has 0 saturated heterocycles. The van der Waals surface area contributed by atoms with Crippen molar-refractivity contribution in [3.05, 3.63) is 70.3 Å². The number of hydrogen-bond donors (Lipinski definition) is 0. The maximum Gasteiger partial charge on any atom is 0.0352 e. The first-order chi connectivity index (χ1) is 8.77. The quantitative estimate of drug-likeness (QED) is 0.627. The second kappa shape index (κ2) is 2.47. The molecule has 2 unspecified atom stereocenters. The maximum atomic E-state index is 2.43. The zero-order valence-electron chi connectivity index (χ0n) is 10.4. The van der Waals surface area contributed by atoms with E-state index in [2.05, 4.69) is 61.6 Å². The van der Waals surface area contributed by atoms with Gasteiger partial charge in [-0.15, -0.1) is 0 Å². The second-order valence-corrected chi connectivity index (χ2v) is 6.03. The summed E-state index contributed by atoms with van der Waals surface area (Å²) in [6, 6.07) is 4.54. The molecule has 0 aromatic heterocycles. The SMILES string of the molecule is Cc1ccc2c3c1C=CC1=CC=CC4(C=C2)CC134. The smallest absolute Gasteiger partial charge is 0.0352 e. The lowest BCUT2D eigenvalue weighted by molar-refractivity contribution is 0.662. The van der Waals surface area contributed by atoms with Crippen LogP contribution in [0.25, 0.3) is 12.2 Å². The summed E-state index contributed by atoms with van der Waals surface area (Å²) < 4.78 is 0. The van der Waals surface area contributed by atoms with Crippen LogP contribution in [-0.2, 0) is 5.41 Å². The molecule has 4 aliphatic carbocycles. The molecule has 0 radical (unpaired) electrons. The van der Waals surface area contributed by atoms with Crippen LogP contribution in [0, 0.1) is 12.3 Å². The van der Waals surface area contributed by atoms with Gasteiger partial charge < -0.3 is 0 Å². The molecular formula is C18H14. The number of hydrogen-bond acceptors (Lipinski definition) is 0. The predicted octanol–water partition coefficient (Wildman–Crippen LogP) is 4.17. The lowest BCUT2D eigenvalue weighted by Crippen LogP contribution is -2.26. The molecule has 0 N–H and O–H groups in total. The molecule has 18 heavy (non-hydrogen) atoms. The standard InChI is InChI=1S/C18H14/c1-12-4-5-13-8-10-17-9-2-3-14-6-7-15(12)16(13)18(14,17)11-17/h2-10H,11H2,1H3. The first kappa shape index (κ1) is 9.16. The van der Waals surface area contributed by atoms with Gasteiger partial charge >= 0.3 is 0 Å². The van der Waals surface area contributed by atoms with Gasteiger partial charge in [0, 0.05) is 10.8 Å². The van der Waals surface area contributed by atoms with E-state index in [1.807, 2.05) is 0 Å². The molecule has 0 nitrogen and oxygen atoms in total. The Balaban J connectivity index is 1.99. The van der Waals surface area contributed by atoms with E-state index in [-0.39, 0.29) is 10.8 Å². The summed E-state index contributed by atoms with van der Waals surface area (Å²) in [7, 11) is 0. The van der Waals surface area contributed by atoms with Crippen molar-refractivity contribution in [3.63, 3.8) is 0 Å². The Kier molecular flexibility index (Phi) is 1.25. The largest absolute Gasteiger partial charge is 0.0733 e. The van der Waals surface area contributed by atoms with Crippen LogP contribution < -0.4 is 0 Å². The van der Waals surface area contributed by atoms with Gasteiger partial charge in [-0.25, -0.2) is 0 Å². The van der Waals surface area contributed by atoms with Gasteiger partial charge in [-0.05, 0) is 41.2 Å². The first-order valence-corrected chi connectivity index (χ1v) is 6.68. The zero-order chi connectivity index (χ0) is 12.0. The Labute approximate surface area is 107 Å². The summed E-state index contributed by atoms with van der Waals surface area (Å²) >= 11 is 0. The van der Waals surface area contributed by atoms with Gasteiger partial charge in [0.05, 0.1) is 0 Å². The van der Waals surface area contributed by atoms with Crippen LogP contribution in [0.3, 0.4) is 0 Å². The summed E-state index contributed by atoms with van der Waals surface area (Å²) in [4.78, 5) is 0. The van der Waals surface area contributed by atoms with Crippen LogP contribution in [-0.4, -0.2) is 0 Å². The van der Waals surface area contributed by atoms with E-state index >= 15 is 0 Å². The Morgan fingerprint density at radius 1 is 1.06 bits per heavy atom. The van der Waals surface area contributed by atoms with E-state index in [9.17, 15) is 0 Å². The Morgan fingerprint density at radius 2 is 2.00 bits per heavy atom. The topological polar surface area (TPSA) is 0 Å². The van der Waals surface area contributed by atoms with Crippen molar-refractivity contribution >= 4 is 12.2 Å². The zero-order valence-corrected chi connectivity index (χ0v) is 10.4. The third-order valence-corrected chi connectivity index (χ3v) is 5.30.